The van der Waals surface area contributed by atoms with E-state index in [9.17, 15) is 4.79 Å². The van der Waals surface area contributed by atoms with Crippen LogP contribution in [0.25, 0.3) is 0 Å². The van der Waals surface area contributed by atoms with Gasteiger partial charge in [0.05, 0.1) is 0 Å². The van der Waals surface area contributed by atoms with Crippen LogP contribution < -0.4 is 4.57 Å². The van der Waals surface area contributed by atoms with Crippen LogP contribution in [-0.2, 0) is 9.08 Å². The summed E-state index contributed by atoms with van der Waals surface area (Å²) < 4.78 is 5.43. The van der Waals surface area contributed by atoms with Crippen LogP contribution in [0.15, 0.2) is 30.6 Å². The number of rotatable bonds is 2. The molecule has 1 atom stereocenters. The highest BCUT2D eigenvalue weighted by atomic mass is 35.5. The molecule has 0 amide bonds. The number of hydrogen-bond acceptors (Lipinski definition) is 2. The molecule has 5 heteroatoms. The Morgan fingerprint density at radius 3 is 2.42 bits per heavy atom. The third-order valence-electron chi connectivity index (χ3n) is 1.27. The summed E-state index contributed by atoms with van der Waals surface area (Å²) in [4.78, 5) is 10.8. The molecule has 0 aliphatic rings. The monoisotopic (exact) mass is 206 g/mol. The van der Waals surface area contributed by atoms with Crippen molar-refractivity contribution in [2.45, 2.75) is 5.50 Å². The van der Waals surface area contributed by atoms with E-state index in [4.69, 9.17) is 23.5 Å². The van der Waals surface area contributed by atoms with Gasteiger partial charge in [-0.1, -0.05) is 6.07 Å². The number of aromatic nitrogens is 1. The Bertz CT molecular complexity index is 265. The molecule has 0 bridgehead atoms. The Labute approximate surface area is 79.6 Å². The Morgan fingerprint density at radius 1 is 1.33 bits per heavy atom. The van der Waals surface area contributed by atoms with Gasteiger partial charge in [-0.25, -0.2) is 4.79 Å². The smallest absolute Gasteiger partial charge is 0.341 e. The number of carbonyl (C=O) groups excluding carboxylic acids is 1. The minimum absolute atomic E-state index is 0.700. The maximum Gasteiger partial charge on any atom is 0.410 e. The summed E-state index contributed by atoms with van der Waals surface area (Å²) in [6.45, 7) is 0. The molecule has 0 aliphatic heterocycles. The molecule has 1 unspecified atom stereocenters. The highest BCUT2D eigenvalue weighted by molar-refractivity contribution is 6.28. The lowest BCUT2D eigenvalue weighted by Crippen LogP contribution is -2.39. The molecule has 12 heavy (non-hydrogen) atoms. The second kappa shape index (κ2) is 4.28. The Hall–Kier alpha value is -0.800. The Kier molecular flexibility index (Phi) is 3.31. The lowest BCUT2D eigenvalue weighted by molar-refractivity contribution is -0.691. The van der Waals surface area contributed by atoms with Gasteiger partial charge in [0.1, 0.15) is 11.9 Å². The highest BCUT2D eigenvalue weighted by Crippen LogP contribution is 2.05. The average Bonchev–Trinajstić information content (AvgIpc) is 2.17. The van der Waals surface area contributed by atoms with Crippen molar-refractivity contribution in [3.63, 3.8) is 0 Å². The molecule has 0 aromatic carbocycles. The fourth-order valence-electron chi connectivity index (χ4n) is 0.722. The number of alkyl halides is 1. The summed E-state index contributed by atoms with van der Waals surface area (Å²) in [6, 6.07) is 5.31. The highest BCUT2D eigenvalue weighted by Gasteiger charge is 2.25. The van der Waals surface area contributed by atoms with E-state index in [-0.39, 0.29) is 0 Å². The molecule has 0 spiro atoms. The molecule has 0 N–H and O–H groups in total. The van der Waals surface area contributed by atoms with Crippen molar-refractivity contribution in [3.8, 4) is 0 Å². The predicted molar refractivity (Wildman–Crippen MR) is 43.5 cm³/mol. The molecule has 64 valence electrons. The van der Waals surface area contributed by atoms with Crippen LogP contribution in [0.4, 0.5) is 0 Å². The quantitative estimate of drug-likeness (QED) is 0.542. The van der Waals surface area contributed by atoms with Gasteiger partial charge in [-0.15, -0.1) is 0 Å². The van der Waals surface area contributed by atoms with Crippen molar-refractivity contribution < 1.29 is 13.7 Å². The zero-order valence-electron chi connectivity index (χ0n) is 5.98. The summed E-state index contributed by atoms with van der Waals surface area (Å²) in [5.41, 5.74) is -0.913. The van der Waals surface area contributed by atoms with Crippen LogP contribution in [0.5, 0.6) is 0 Å². The molecular formula is C7H6Cl2NO2+. The average molecular weight is 207 g/mol. The van der Waals surface area contributed by atoms with Gasteiger partial charge in [0.2, 0.25) is 0 Å². The first kappa shape index (κ1) is 9.29. The second-order valence-electron chi connectivity index (χ2n) is 2.05. The van der Waals surface area contributed by atoms with E-state index in [0.29, 0.717) is 0 Å². The molecule has 0 aliphatic carbocycles. The maximum atomic E-state index is 10.8. The van der Waals surface area contributed by atoms with Gasteiger partial charge >= 0.3 is 11.5 Å². The number of hydrogen-bond donors (Lipinski definition) is 0. The molecule has 1 rings (SSSR count). The van der Waals surface area contributed by atoms with Crippen molar-refractivity contribution in [1.29, 1.82) is 0 Å². The molecule has 0 saturated heterocycles. The van der Waals surface area contributed by atoms with Gasteiger partial charge in [-0.05, 0) is 11.6 Å². The standard InChI is InChI=1S/C7H6Cl2NO2/c8-6(7(11)12-9)10-4-2-1-3-5-10/h1-6H/q+1. The summed E-state index contributed by atoms with van der Waals surface area (Å²) in [5.74, 6) is -0.700. The Morgan fingerprint density at radius 2 is 1.92 bits per heavy atom. The van der Waals surface area contributed by atoms with Crippen molar-refractivity contribution in [1.82, 2.24) is 0 Å². The van der Waals surface area contributed by atoms with E-state index < -0.39 is 11.5 Å². The zero-order valence-corrected chi connectivity index (χ0v) is 7.50. The molecular weight excluding hydrogens is 201 g/mol. The molecule has 1 aromatic heterocycles. The second-order valence-corrected chi connectivity index (χ2v) is 2.62. The first-order valence-electron chi connectivity index (χ1n) is 3.18. The number of halogens is 2. The van der Waals surface area contributed by atoms with Crippen LogP contribution in [0.2, 0.25) is 0 Å². The van der Waals surface area contributed by atoms with Crippen molar-refractivity contribution in [2.75, 3.05) is 0 Å². The van der Waals surface area contributed by atoms with Gasteiger partial charge in [0, 0.05) is 12.1 Å². The summed E-state index contributed by atoms with van der Waals surface area (Å²) in [7, 11) is 0. The number of pyridine rings is 1. The van der Waals surface area contributed by atoms with Crippen molar-refractivity contribution in [2.24, 2.45) is 0 Å². The number of nitrogens with zero attached hydrogens (tertiary/aromatic N) is 1. The molecule has 1 aromatic rings. The minimum Gasteiger partial charge on any atom is -0.341 e. The van der Waals surface area contributed by atoms with E-state index >= 15 is 0 Å². The summed E-state index contributed by atoms with van der Waals surface area (Å²) in [6.07, 6.45) is 3.29. The van der Waals surface area contributed by atoms with Gasteiger partial charge in [-0.3, -0.25) is 0 Å². The lowest BCUT2D eigenvalue weighted by atomic mass is 10.5. The van der Waals surface area contributed by atoms with Crippen molar-refractivity contribution >= 4 is 29.4 Å². The van der Waals surface area contributed by atoms with Crippen LogP contribution in [0.1, 0.15) is 5.50 Å². The summed E-state index contributed by atoms with van der Waals surface area (Å²) in [5, 5.41) is 0. The minimum atomic E-state index is -0.913. The lowest BCUT2D eigenvalue weighted by Gasteiger charge is -1.98. The first-order valence-corrected chi connectivity index (χ1v) is 3.92. The van der Waals surface area contributed by atoms with Crippen LogP contribution in [0, 0.1) is 0 Å². The van der Waals surface area contributed by atoms with E-state index in [2.05, 4.69) is 4.29 Å². The van der Waals surface area contributed by atoms with Gasteiger partial charge in [-0.2, -0.15) is 4.57 Å². The van der Waals surface area contributed by atoms with E-state index in [0.717, 1.165) is 0 Å². The van der Waals surface area contributed by atoms with E-state index in [1.54, 1.807) is 24.5 Å². The fraction of sp³-hybridized carbons (Fsp3) is 0.143. The van der Waals surface area contributed by atoms with Gasteiger partial charge in [0.15, 0.2) is 12.4 Å². The van der Waals surface area contributed by atoms with Crippen LogP contribution in [0.3, 0.4) is 0 Å². The third kappa shape index (κ3) is 2.09. The molecule has 1 heterocycles. The van der Waals surface area contributed by atoms with Crippen molar-refractivity contribution in [3.05, 3.63) is 30.6 Å². The predicted octanol–water partition coefficient (Wildman–Crippen LogP) is 1.41. The van der Waals surface area contributed by atoms with Crippen LogP contribution in [-0.4, -0.2) is 5.97 Å². The summed E-state index contributed by atoms with van der Waals surface area (Å²) >= 11 is 10.5. The molecule has 0 fully saturated rings. The molecule has 0 radical (unpaired) electrons. The number of carbonyl (C=O) groups is 1. The van der Waals surface area contributed by atoms with E-state index in [1.165, 1.54) is 4.57 Å². The zero-order chi connectivity index (χ0) is 8.97. The van der Waals surface area contributed by atoms with Gasteiger partial charge in [0.25, 0.3) is 0 Å². The van der Waals surface area contributed by atoms with Gasteiger partial charge < -0.3 is 4.29 Å². The molecule has 0 saturated carbocycles. The van der Waals surface area contributed by atoms with Crippen LogP contribution >= 0.6 is 23.5 Å². The first-order chi connectivity index (χ1) is 5.75. The Balaban J connectivity index is 2.78. The third-order valence-corrected chi connectivity index (χ3v) is 1.83. The van der Waals surface area contributed by atoms with E-state index in [1.807, 2.05) is 6.07 Å². The normalized spacial score (nSPS) is 12.2. The topological polar surface area (TPSA) is 30.2 Å². The SMILES string of the molecule is O=C(OCl)C(Cl)[n+]1ccccc1. The fourth-order valence-corrected chi connectivity index (χ4v) is 1.03. The maximum absolute atomic E-state index is 10.8. The largest absolute Gasteiger partial charge is 0.410 e. The molecule has 3 nitrogen and oxygen atoms in total.